The first-order chi connectivity index (χ1) is 7.20. The maximum atomic E-state index is 11.6. The van der Waals surface area contributed by atoms with Crippen molar-refractivity contribution in [1.29, 1.82) is 5.26 Å². The van der Waals surface area contributed by atoms with Crippen LogP contribution in [0.15, 0.2) is 0 Å². The van der Waals surface area contributed by atoms with E-state index in [4.69, 9.17) is 5.26 Å². The van der Waals surface area contributed by atoms with E-state index in [0.717, 1.165) is 6.42 Å². The number of carbonyl (C=O) groups is 2. The lowest BCUT2D eigenvalue weighted by atomic mass is 9.95. The first kappa shape index (κ1) is 11.5. The molecule has 1 fully saturated rings. The molecule has 5 heteroatoms. The minimum atomic E-state index is -0.339. The Labute approximate surface area is 88.4 Å². The SMILES string of the molecule is COC(=O)C1CCCC1C(=O)NCC#N. The fourth-order valence-corrected chi connectivity index (χ4v) is 1.97. The third kappa shape index (κ3) is 2.69. The predicted molar refractivity (Wildman–Crippen MR) is 51.5 cm³/mol. The predicted octanol–water partition coefficient (Wildman–Crippen LogP) is 0.215. The number of nitrogens with one attached hydrogen (secondary N) is 1. The zero-order valence-electron chi connectivity index (χ0n) is 8.66. The highest BCUT2D eigenvalue weighted by atomic mass is 16.5. The second-order valence-corrected chi connectivity index (χ2v) is 3.54. The highest BCUT2D eigenvalue weighted by Crippen LogP contribution is 2.32. The highest BCUT2D eigenvalue weighted by Gasteiger charge is 2.38. The lowest BCUT2D eigenvalue weighted by Crippen LogP contribution is -2.35. The molecule has 1 N–H and O–H groups in total. The summed E-state index contributed by atoms with van der Waals surface area (Å²) in [5, 5.41) is 10.8. The van der Waals surface area contributed by atoms with Crippen molar-refractivity contribution in [3.63, 3.8) is 0 Å². The molecule has 82 valence electrons. The summed E-state index contributed by atoms with van der Waals surface area (Å²) in [6.07, 6.45) is 2.23. The van der Waals surface area contributed by atoms with Gasteiger partial charge in [0.25, 0.3) is 0 Å². The Bertz CT molecular complexity index is 296. The molecular weight excluding hydrogens is 196 g/mol. The Kier molecular flexibility index (Phi) is 4.10. The van der Waals surface area contributed by atoms with E-state index in [1.54, 1.807) is 0 Å². The van der Waals surface area contributed by atoms with E-state index in [1.165, 1.54) is 7.11 Å². The van der Waals surface area contributed by atoms with E-state index >= 15 is 0 Å². The van der Waals surface area contributed by atoms with Gasteiger partial charge in [0.15, 0.2) is 0 Å². The number of carbonyl (C=O) groups excluding carboxylic acids is 2. The number of methoxy groups -OCH3 is 1. The highest BCUT2D eigenvalue weighted by molar-refractivity contribution is 5.85. The molecule has 0 heterocycles. The molecule has 1 saturated carbocycles. The molecule has 15 heavy (non-hydrogen) atoms. The van der Waals surface area contributed by atoms with Crippen molar-refractivity contribution in [1.82, 2.24) is 5.32 Å². The zero-order valence-corrected chi connectivity index (χ0v) is 8.66. The van der Waals surface area contributed by atoms with Gasteiger partial charge in [-0.2, -0.15) is 5.26 Å². The monoisotopic (exact) mass is 210 g/mol. The Morgan fingerprint density at radius 2 is 2.13 bits per heavy atom. The van der Waals surface area contributed by atoms with Gasteiger partial charge in [-0.05, 0) is 12.8 Å². The summed E-state index contributed by atoms with van der Waals surface area (Å²) in [7, 11) is 1.32. The number of hydrogen-bond acceptors (Lipinski definition) is 4. The van der Waals surface area contributed by atoms with Gasteiger partial charge in [-0.3, -0.25) is 9.59 Å². The Morgan fingerprint density at radius 3 is 2.73 bits per heavy atom. The molecule has 1 amide bonds. The van der Waals surface area contributed by atoms with Crippen molar-refractivity contribution in [2.75, 3.05) is 13.7 Å². The number of ether oxygens (including phenoxy) is 1. The van der Waals surface area contributed by atoms with Crippen LogP contribution in [0.5, 0.6) is 0 Å². The van der Waals surface area contributed by atoms with E-state index in [0.29, 0.717) is 12.8 Å². The maximum absolute atomic E-state index is 11.6. The zero-order chi connectivity index (χ0) is 11.3. The minimum absolute atomic E-state index is 0.0107. The van der Waals surface area contributed by atoms with Crippen LogP contribution in [-0.2, 0) is 14.3 Å². The number of hydrogen-bond donors (Lipinski definition) is 1. The van der Waals surface area contributed by atoms with E-state index in [2.05, 4.69) is 10.1 Å². The van der Waals surface area contributed by atoms with Gasteiger partial charge >= 0.3 is 5.97 Å². The molecule has 0 aromatic heterocycles. The van der Waals surface area contributed by atoms with Crippen molar-refractivity contribution in [2.24, 2.45) is 11.8 Å². The van der Waals surface area contributed by atoms with Crippen LogP contribution >= 0.6 is 0 Å². The fraction of sp³-hybridized carbons (Fsp3) is 0.700. The number of esters is 1. The molecule has 1 rings (SSSR count). The third-order valence-corrected chi connectivity index (χ3v) is 2.70. The molecule has 1 aliphatic carbocycles. The molecule has 0 radical (unpaired) electrons. The van der Waals surface area contributed by atoms with E-state index < -0.39 is 0 Å². The van der Waals surface area contributed by atoms with Crippen molar-refractivity contribution >= 4 is 11.9 Å². The molecule has 0 bridgehead atoms. The van der Waals surface area contributed by atoms with Crippen LogP contribution in [-0.4, -0.2) is 25.5 Å². The van der Waals surface area contributed by atoms with Crippen molar-refractivity contribution in [2.45, 2.75) is 19.3 Å². The van der Waals surface area contributed by atoms with Crippen LogP contribution < -0.4 is 5.32 Å². The first-order valence-electron chi connectivity index (χ1n) is 4.93. The molecule has 2 unspecified atom stereocenters. The van der Waals surface area contributed by atoms with Crippen molar-refractivity contribution < 1.29 is 14.3 Å². The molecule has 0 aromatic rings. The summed E-state index contributed by atoms with van der Waals surface area (Å²) in [4.78, 5) is 22.9. The molecule has 5 nitrogen and oxygen atoms in total. The van der Waals surface area contributed by atoms with E-state index in [-0.39, 0.29) is 30.3 Å². The second kappa shape index (κ2) is 5.35. The summed E-state index contributed by atoms with van der Waals surface area (Å²) >= 11 is 0. The van der Waals surface area contributed by atoms with Crippen LogP contribution in [0.3, 0.4) is 0 Å². The fourth-order valence-electron chi connectivity index (χ4n) is 1.97. The molecule has 0 aliphatic heterocycles. The van der Waals surface area contributed by atoms with Crippen molar-refractivity contribution in [3.05, 3.63) is 0 Å². The summed E-state index contributed by atoms with van der Waals surface area (Å²) < 4.78 is 4.64. The Hall–Kier alpha value is -1.57. The topological polar surface area (TPSA) is 79.2 Å². The average molecular weight is 210 g/mol. The van der Waals surface area contributed by atoms with Crippen LogP contribution in [0.25, 0.3) is 0 Å². The summed E-state index contributed by atoms with van der Waals surface area (Å²) in [5.41, 5.74) is 0. The van der Waals surface area contributed by atoms with Gasteiger partial charge in [0.05, 0.1) is 25.0 Å². The molecule has 1 aliphatic rings. The van der Waals surface area contributed by atoms with Crippen LogP contribution in [0, 0.1) is 23.2 Å². The second-order valence-electron chi connectivity index (χ2n) is 3.54. The largest absolute Gasteiger partial charge is 0.469 e. The standard InChI is InChI=1S/C10H14N2O3/c1-15-10(14)8-4-2-3-7(8)9(13)12-6-5-11/h7-8H,2-4,6H2,1H3,(H,12,13). The molecule has 2 atom stereocenters. The van der Waals surface area contributed by atoms with E-state index in [9.17, 15) is 9.59 Å². The average Bonchev–Trinajstić information content (AvgIpc) is 2.73. The Balaban J connectivity index is 2.56. The van der Waals surface area contributed by atoms with Crippen LogP contribution in [0.1, 0.15) is 19.3 Å². The minimum Gasteiger partial charge on any atom is -0.469 e. The normalized spacial score (nSPS) is 24.3. The summed E-state index contributed by atoms with van der Waals surface area (Å²) in [6, 6.07) is 1.83. The van der Waals surface area contributed by atoms with Crippen LogP contribution in [0.4, 0.5) is 0 Å². The lowest BCUT2D eigenvalue weighted by molar-refractivity contribution is -0.149. The van der Waals surface area contributed by atoms with Gasteiger partial charge in [0.1, 0.15) is 6.54 Å². The number of nitrogens with zero attached hydrogens (tertiary/aromatic N) is 1. The van der Waals surface area contributed by atoms with Gasteiger partial charge in [-0.15, -0.1) is 0 Å². The van der Waals surface area contributed by atoms with Gasteiger partial charge in [0, 0.05) is 0 Å². The molecular formula is C10H14N2O3. The van der Waals surface area contributed by atoms with Crippen LogP contribution in [0.2, 0.25) is 0 Å². The van der Waals surface area contributed by atoms with Gasteiger partial charge < -0.3 is 10.1 Å². The lowest BCUT2D eigenvalue weighted by Gasteiger charge is -2.15. The van der Waals surface area contributed by atoms with Crippen molar-refractivity contribution in [3.8, 4) is 6.07 Å². The number of nitriles is 1. The summed E-state index contributed by atoms with van der Waals surface area (Å²) in [6.45, 7) is -0.0107. The molecule has 0 spiro atoms. The first-order valence-corrected chi connectivity index (χ1v) is 4.93. The number of rotatable bonds is 3. The molecule has 0 aromatic carbocycles. The summed E-state index contributed by atoms with van der Waals surface area (Å²) in [5.74, 6) is -1.21. The Morgan fingerprint density at radius 1 is 1.47 bits per heavy atom. The molecule has 0 saturated heterocycles. The van der Waals surface area contributed by atoms with Gasteiger partial charge in [-0.25, -0.2) is 0 Å². The quantitative estimate of drug-likeness (QED) is 0.533. The maximum Gasteiger partial charge on any atom is 0.309 e. The third-order valence-electron chi connectivity index (χ3n) is 2.70. The van der Waals surface area contributed by atoms with E-state index in [1.807, 2.05) is 6.07 Å². The van der Waals surface area contributed by atoms with Gasteiger partial charge in [0.2, 0.25) is 5.91 Å². The van der Waals surface area contributed by atoms with Gasteiger partial charge in [-0.1, -0.05) is 6.42 Å². The smallest absolute Gasteiger partial charge is 0.309 e. The number of amides is 1.